The molecular weight excluding hydrogens is 360 g/mol. The molecule has 1 aliphatic rings. The van der Waals surface area contributed by atoms with Gasteiger partial charge in [-0.2, -0.15) is 0 Å². The monoisotopic (exact) mass is 394 g/mol. The van der Waals surface area contributed by atoms with Crippen LogP contribution in [0, 0.1) is 0 Å². The van der Waals surface area contributed by atoms with Crippen LogP contribution in [0.5, 0.6) is 0 Å². The Morgan fingerprint density at radius 1 is 0.966 bits per heavy atom. The molecule has 0 spiro atoms. The summed E-state index contributed by atoms with van der Waals surface area (Å²) in [7, 11) is 1.81. The highest BCUT2D eigenvalue weighted by molar-refractivity contribution is 5.79. The summed E-state index contributed by atoms with van der Waals surface area (Å²) in [5.41, 5.74) is 2.64. The Hall–Kier alpha value is -2.37. The fourth-order valence-corrected chi connectivity index (χ4v) is 3.61. The van der Waals surface area contributed by atoms with E-state index >= 15 is 0 Å². The fraction of sp³-hybridized carbons (Fsp3) is 0.458. The molecule has 1 aliphatic heterocycles. The lowest BCUT2D eigenvalue weighted by molar-refractivity contribution is 0.00534. The summed E-state index contributed by atoms with van der Waals surface area (Å²) < 4.78 is 6.10. The minimum atomic E-state index is 0.401. The number of hydrogen-bond donors (Lipinski definition) is 2. The van der Waals surface area contributed by atoms with Crippen molar-refractivity contribution in [2.45, 2.75) is 38.5 Å². The lowest BCUT2D eigenvalue weighted by atomic mass is 10.1. The lowest BCUT2D eigenvalue weighted by Crippen LogP contribution is -2.38. The zero-order valence-electron chi connectivity index (χ0n) is 17.5. The predicted octanol–water partition coefficient (Wildman–Crippen LogP) is 3.42. The van der Waals surface area contributed by atoms with Crippen molar-refractivity contribution in [2.75, 3.05) is 33.3 Å². The van der Waals surface area contributed by atoms with E-state index in [1.54, 1.807) is 7.05 Å². The highest BCUT2D eigenvalue weighted by Gasteiger charge is 2.19. The molecule has 0 saturated carbocycles. The average molecular weight is 395 g/mol. The Balaban J connectivity index is 1.23. The van der Waals surface area contributed by atoms with Gasteiger partial charge in [0.25, 0.3) is 0 Å². The number of ether oxygens (including phenoxy) is 1. The molecule has 0 atom stereocenters. The van der Waals surface area contributed by atoms with Crippen molar-refractivity contribution in [1.82, 2.24) is 15.5 Å². The first-order valence-electron chi connectivity index (χ1n) is 10.7. The lowest BCUT2D eigenvalue weighted by Gasteiger charge is -2.32. The fourth-order valence-electron chi connectivity index (χ4n) is 3.61. The number of hydrogen-bond acceptors (Lipinski definition) is 3. The molecule has 3 rings (SSSR count). The second-order valence-corrected chi connectivity index (χ2v) is 7.52. The number of nitrogens with zero attached hydrogens (tertiary/aromatic N) is 2. The zero-order chi connectivity index (χ0) is 20.2. The molecule has 156 valence electrons. The molecule has 1 fully saturated rings. The molecule has 0 amide bonds. The molecule has 0 aliphatic carbocycles. The minimum absolute atomic E-state index is 0.401. The van der Waals surface area contributed by atoms with Crippen LogP contribution in [0.1, 0.15) is 30.4 Å². The molecule has 2 aromatic rings. The van der Waals surface area contributed by atoms with Crippen molar-refractivity contribution in [2.24, 2.45) is 4.99 Å². The topological polar surface area (TPSA) is 48.9 Å². The highest BCUT2D eigenvalue weighted by atomic mass is 16.5. The Labute approximate surface area is 175 Å². The van der Waals surface area contributed by atoms with E-state index in [0.717, 1.165) is 64.6 Å². The van der Waals surface area contributed by atoms with Gasteiger partial charge in [-0.25, -0.2) is 0 Å². The van der Waals surface area contributed by atoms with E-state index in [-0.39, 0.29) is 0 Å². The number of piperidine rings is 1. The SMILES string of the molecule is CN=C(NCCCOC1CCN(Cc2ccccc2)CC1)NCc1ccccc1. The van der Waals surface area contributed by atoms with Crippen molar-refractivity contribution in [3.05, 3.63) is 71.8 Å². The maximum Gasteiger partial charge on any atom is 0.191 e. The second-order valence-electron chi connectivity index (χ2n) is 7.52. The van der Waals surface area contributed by atoms with Crippen LogP contribution in [0.4, 0.5) is 0 Å². The Morgan fingerprint density at radius 3 is 2.28 bits per heavy atom. The Kier molecular flexibility index (Phi) is 9.01. The number of likely N-dealkylation sites (tertiary alicyclic amines) is 1. The van der Waals surface area contributed by atoms with Gasteiger partial charge in [-0.05, 0) is 30.4 Å². The van der Waals surface area contributed by atoms with E-state index in [4.69, 9.17) is 4.74 Å². The van der Waals surface area contributed by atoms with Gasteiger partial charge in [0, 0.05) is 46.4 Å². The van der Waals surface area contributed by atoms with Gasteiger partial charge in [0.15, 0.2) is 5.96 Å². The number of rotatable bonds is 9. The van der Waals surface area contributed by atoms with Crippen molar-refractivity contribution >= 4 is 5.96 Å². The first-order valence-corrected chi connectivity index (χ1v) is 10.7. The van der Waals surface area contributed by atoms with Crippen LogP contribution in [0.3, 0.4) is 0 Å². The minimum Gasteiger partial charge on any atom is -0.378 e. The Bertz CT molecular complexity index is 712. The van der Waals surface area contributed by atoms with E-state index in [9.17, 15) is 0 Å². The molecular formula is C24H34N4O. The van der Waals surface area contributed by atoms with Gasteiger partial charge in [0.1, 0.15) is 0 Å². The summed E-state index contributed by atoms with van der Waals surface area (Å²) in [5, 5.41) is 6.71. The molecule has 1 heterocycles. The van der Waals surface area contributed by atoms with Gasteiger partial charge in [0.05, 0.1) is 6.10 Å². The highest BCUT2D eigenvalue weighted by Crippen LogP contribution is 2.16. The molecule has 2 N–H and O–H groups in total. The van der Waals surface area contributed by atoms with Crippen molar-refractivity contribution < 1.29 is 4.74 Å². The van der Waals surface area contributed by atoms with Crippen LogP contribution in [0.25, 0.3) is 0 Å². The van der Waals surface area contributed by atoms with Crippen LogP contribution >= 0.6 is 0 Å². The van der Waals surface area contributed by atoms with Gasteiger partial charge in [0.2, 0.25) is 0 Å². The van der Waals surface area contributed by atoms with Gasteiger partial charge >= 0.3 is 0 Å². The smallest absolute Gasteiger partial charge is 0.191 e. The van der Waals surface area contributed by atoms with Gasteiger partial charge < -0.3 is 15.4 Å². The second kappa shape index (κ2) is 12.2. The van der Waals surface area contributed by atoms with Crippen molar-refractivity contribution in [3.8, 4) is 0 Å². The van der Waals surface area contributed by atoms with Crippen LogP contribution in [0.15, 0.2) is 65.7 Å². The van der Waals surface area contributed by atoms with E-state index in [1.807, 2.05) is 6.07 Å². The summed E-state index contributed by atoms with van der Waals surface area (Å²) in [5.74, 6) is 0.836. The van der Waals surface area contributed by atoms with E-state index in [2.05, 4.69) is 75.1 Å². The summed E-state index contributed by atoms with van der Waals surface area (Å²) in [4.78, 5) is 6.81. The van der Waals surface area contributed by atoms with E-state index < -0.39 is 0 Å². The van der Waals surface area contributed by atoms with E-state index in [0.29, 0.717) is 6.10 Å². The number of aliphatic imine (C=N–C) groups is 1. The number of guanidine groups is 1. The molecule has 0 radical (unpaired) electrons. The van der Waals surface area contributed by atoms with Crippen molar-refractivity contribution in [3.63, 3.8) is 0 Å². The summed E-state index contributed by atoms with van der Waals surface area (Å²) in [6, 6.07) is 21.1. The van der Waals surface area contributed by atoms with Crippen LogP contribution in [0.2, 0.25) is 0 Å². The summed E-state index contributed by atoms with van der Waals surface area (Å²) in [6.45, 7) is 5.72. The summed E-state index contributed by atoms with van der Waals surface area (Å²) >= 11 is 0. The van der Waals surface area contributed by atoms with Crippen LogP contribution < -0.4 is 10.6 Å². The summed E-state index contributed by atoms with van der Waals surface area (Å²) in [6.07, 6.45) is 3.63. The molecule has 2 aromatic carbocycles. The van der Waals surface area contributed by atoms with Gasteiger partial charge in [-0.3, -0.25) is 9.89 Å². The molecule has 5 nitrogen and oxygen atoms in total. The quantitative estimate of drug-likeness (QED) is 0.389. The van der Waals surface area contributed by atoms with Crippen molar-refractivity contribution in [1.29, 1.82) is 0 Å². The third kappa shape index (κ3) is 7.87. The Morgan fingerprint density at radius 2 is 1.62 bits per heavy atom. The van der Waals surface area contributed by atoms with Crippen LogP contribution in [-0.4, -0.2) is 50.3 Å². The molecule has 1 saturated heterocycles. The van der Waals surface area contributed by atoms with Gasteiger partial charge in [-0.15, -0.1) is 0 Å². The van der Waals surface area contributed by atoms with E-state index in [1.165, 1.54) is 11.1 Å². The average Bonchev–Trinajstić information content (AvgIpc) is 2.78. The maximum atomic E-state index is 6.10. The normalized spacial score (nSPS) is 16.0. The first kappa shape index (κ1) is 21.3. The number of benzene rings is 2. The zero-order valence-corrected chi connectivity index (χ0v) is 17.5. The molecule has 29 heavy (non-hydrogen) atoms. The third-order valence-corrected chi connectivity index (χ3v) is 5.28. The van der Waals surface area contributed by atoms with Crippen LogP contribution in [-0.2, 0) is 17.8 Å². The first-order chi connectivity index (χ1) is 14.3. The third-order valence-electron chi connectivity index (χ3n) is 5.28. The molecule has 0 aromatic heterocycles. The number of nitrogens with one attached hydrogen (secondary N) is 2. The standard InChI is InChI=1S/C24H34N4O/c1-25-24(27-19-21-9-4-2-5-10-21)26-15-8-18-29-23-13-16-28(17-14-23)20-22-11-6-3-7-12-22/h2-7,9-12,23H,8,13-20H2,1H3,(H2,25,26,27). The maximum absolute atomic E-state index is 6.10. The molecule has 0 unspecified atom stereocenters. The predicted molar refractivity (Wildman–Crippen MR) is 120 cm³/mol. The largest absolute Gasteiger partial charge is 0.378 e. The molecule has 5 heteroatoms. The van der Waals surface area contributed by atoms with Gasteiger partial charge in [-0.1, -0.05) is 60.7 Å². The molecule has 0 bridgehead atoms.